The lowest BCUT2D eigenvalue weighted by molar-refractivity contribution is -0.192. The van der Waals surface area contributed by atoms with Crippen LogP contribution in [0.15, 0.2) is 24.5 Å². The van der Waals surface area contributed by atoms with E-state index in [9.17, 15) is 18.0 Å². The smallest absolute Gasteiger partial charge is 0.475 e. The zero-order valence-corrected chi connectivity index (χ0v) is 16.4. The molecule has 0 unspecified atom stereocenters. The monoisotopic (exact) mass is 430 g/mol. The van der Waals surface area contributed by atoms with E-state index < -0.39 is 12.1 Å². The summed E-state index contributed by atoms with van der Waals surface area (Å²) in [6.07, 6.45) is -1.32. The Morgan fingerprint density at radius 2 is 1.70 bits per heavy atom. The molecule has 3 fully saturated rings. The third-order valence-electron chi connectivity index (χ3n) is 5.49. The summed E-state index contributed by atoms with van der Waals surface area (Å²) in [5.74, 6) is -1.51. The average Bonchev–Trinajstić information content (AvgIpc) is 3.27. The van der Waals surface area contributed by atoms with Gasteiger partial charge >= 0.3 is 18.2 Å². The number of pyridine rings is 1. The Balaban J connectivity index is 0.000000318. The Morgan fingerprint density at radius 1 is 1.10 bits per heavy atom. The largest absolute Gasteiger partial charge is 0.490 e. The standard InChI is InChI=1S/C17H24N4O2.C2HF3O2/c22-17(20-4-6-23-7-5-20)21-12-15-10-19(11-16(15)13-21)9-14-2-1-3-18-8-14;3-2(4,5)1(6)7/h1-3,8,15-16H,4-7,9-13H2;(H,6,7)/t15-,16+;. The lowest BCUT2D eigenvalue weighted by Crippen LogP contribution is -2.48. The molecular formula is C19H25F3N4O4. The van der Waals surface area contributed by atoms with Crippen molar-refractivity contribution in [3.8, 4) is 0 Å². The van der Waals surface area contributed by atoms with Gasteiger partial charge in [0, 0.05) is 58.2 Å². The third kappa shape index (κ3) is 5.82. The van der Waals surface area contributed by atoms with Crippen molar-refractivity contribution in [2.24, 2.45) is 11.8 Å². The fourth-order valence-electron chi connectivity index (χ4n) is 4.08. The van der Waals surface area contributed by atoms with E-state index in [1.54, 1.807) is 0 Å². The molecule has 4 rings (SSSR count). The SMILES string of the molecule is O=C(N1CCOCC1)N1C[C@H]2CN(Cc3cccnc3)C[C@H]2C1.O=C(O)C(F)(F)F. The number of morpholine rings is 1. The molecule has 0 saturated carbocycles. The van der Waals surface area contributed by atoms with Crippen molar-refractivity contribution in [1.29, 1.82) is 0 Å². The zero-order chi connectivity index (χ0) is 21.7. The van der Waals surface area contributed by atoms with Gasteiger partial charge in [0.15, 0.2) is 0 Å². The number of carbonyl (C=O) groups excluding carboxylic acids is 1. The number of halogens is 3. The summed E-state index contributed by atoms with van der Waals surface area (Å²) < 4.78 is 37.1. The molecule has 2 amide bonds. The van der Waals surface area contributed by atoms with Gasteiger partial charge in [0.1, 0.15) is 0 Å². The Morgan fingerprint density at radius 3 is 2.20 bits per heavy atom. The Hall–Kier alpha value is -2.40. The van der Waals surface area contributed by atoms with E-state index in [-0.39, 0.29) is 6.03 Å². The number of carboxylic acid groups (broad SMARTS) is 1. The second-order valence-corrected chi connectivity index (χ2v) is 7.67. The van der Waals surface area contributed by atoms with Crippen LogP contribution in [0.2, 0.25) is 0 Å². The highest BCUT2D eigenvalue weighted by Gasteiger charge is 2.42. The molecule has 8 nitrogen and oxygen atoms in total. The fourth-order valence-corrected chi connectivity index (χ4v) is 4.08. The highest BCUT2D eigenvalue weighted by atomic mass is 19.4. The number of carboxylic acids is 1. The first-order valence-electron chi connectivity index (χ1n) is 9.77. The Bertz CT molecular complexity index is 714. The fraction of sp³-hybridized carbons (Fsp3) is 0.632. The maximum Gasteiger partial charge on any atom is 0.490 e. The maximum absolute atomic E-state index is 12.6. The molecule has 4 heterocycles. The van der Waals surface area contributed by atoms with Crippen LogP contribution in [0.3, 0.4) is 0 Å². The number of likely N-dealkylation sites (tertiary alicyclic amines) is 2. The van der Waals surface area contributed by atoms with Crippen molar-refractivity contribution in [3.05, 3.63) is 30.1 Å². The predicted octanol–water partition coefficient (Wildman–Crippen LogP) is 1.53. The van der Waals surface area contributed by atoms with Crippen molar-refractivity contribution in [1.82, 2.24) is 19.7 Å². The topological polar surface area (TPSA) is 86.2 Å². The number of nitrogens with zero attached hydrogens (tertiary/aromatic N) is 4. The number of hydrogen-bond acceptors (Lipinski definition) is 5. The van der Waals surface area contributed by atoms with Crippen LogP contribution in [0.5, 0.6) is 0 Å². The van der Waals surface area contributed by atoms with Gasteiger partial charge in [-0.2, -0.15) is 13.2 Å². The normalized spacial score (nSPS) is 24.2. The number of urea groups is 1. The minimum atomic E-state index is -5.08. The van der Waals surface area contributed by atoms with Crippen LogP contribution in [0.4, 0.5) is 18.0 Å². The molecule has 0 radical (unpaired) electrons. The number of aromatic nitrogens is 1. The van der Waals surface area contributed by atoms with E-state index in [1.807, 2.05) is 23.4 Å². The molecular weight excluding hydrogens is 405 g/mol. The molecule has 30 heavy (non-hydrogen) atoms. The van der Waals surface area contributed by atoms with Crippen LogP contribution in [-0.2, 0) is 16.1 Å². The van der Waals surface area contributed by atoms with Gasteiger partial charge in [0.2, 0.25) is 0 Å². The summed E-state index contributed by atoms with van der Waals surface area (Å²) in [6, 6.07) is 4.34. The number of alkyl halides is 3. The number of amides is 2. The van der Waals surface area contributed by atoms with E-state index in [4.69, 9.17) is 14.6 Å². The molecule has 11 heteroatoms. The number of hydrogen-bond donors (Lipinski definition) is 1. The summed E-state index contributed by atoms with van der Waals surface area (Å²) in [5, 5.41) is 7.12. The quantitative estimate of drug-likeness (QED) is 0.766. The van der Waals surface area contributed by atoms with Gasteiger partial charge in [-0.05, 0) is 23.5 Å². The first-order chi connectivity index (χ1) is 14.2. The molecule has 3 saturated heterocycles. The van der Waals surface area contributed by atoms with Gasteiger partial charge in [0.25, 0.3) is 0 Å². The minimum Gasteiger partial charge on any atom is -0.475 e. The molecule has 0 aliphatic carbocycles. The molecule has 1 aromatic rings. The molecule has 2 atom stereocenters. The molecule has 3 aliphatic rings. The molecule has 0 bridgehead atoms. The van der Waals surface area contributed by atoms with Gasteiger partial charge in [-0.15, -0.1) is 0 Å². The summed E-state index contributed by atoms with van der Waals surface area (Å²) in [7, 11) is 0. The number of carbonyl (C=O) groups is 2. The molecule has 1 aromatic heterocycles. The van der Waals surface area contributed by atoms with E-state index in [0.29, 0.717) is 25.0 Å². The molecule has 0 aromatic carbocycles. The lowest BCUT2D eigenvalue weighted by atomic mass is 10.0. The van der Waals surface area contributed by atoms with Crippen molar-refractivity contribution in [3.63, 3.8) is 0 Å². The summed E-state index contributed by atoms with van der Waals surface area (Å²) in [6.45, 7) is 7.78. The van der Waals surface area contributed by atoms with Crippen LogP contribution in [0, 0.1) is 11.8 Å². The summed E-state index contributed by atoms with van der Waals surface area (Å²) in [5.41, 5.74) is 1.27. The molecule has 0 spiro atoms. The third-order valence-corrected chi connectivity index (χ3v) is 5.49. The Kier molecular flexibility index (Phi) is 7.14. The van der Waals surface area contributed by atoms with Crippen LogP contribution in [0.1, 0.15) is 5.56 Å². The molecule has 166 valence electrons. The van der Waals surface area contributed by atoms with Crippen molar-refractivity contribution >= 4 is 12.0 Å². The van der Waals surface area contributed by atoms with Crippen LogP contribution in [0.25, 0.3) is 0 Å². The summed E-state index contributed by atoms with van der Waals surface area (Å²) in [4.78, 5) is 32.2. The van der Waals surface area contributed by atoms with Crippen molar-refractivity contribution in [2.75, 3.05) is 52.5 Å². The molecule has 3 aliphatic heterocycles. The van der Waals surface area contributed by atoms with Crippen molar-refractivity contribution in [2.45, 2.75) is 12.7 Å². The highest BCUT2D eigenvalue weighted by molar-refractivity contribution is 5.75. The van der Waals surface area contributed by atoms with Gasteiger partial charge in [-0.25, -0.2) is 9.59 Å². The van der Waals surface area contributed by atoms with Gasteiger partial charge in [0.05, 0.1) is 13.2 Å². The van der Waals surface area contributed by atoms with Crippen molar-refractivity contribution < 1.29 is 32.6 Å². The van der Waals surface area contributed by atoms with Gasteiger partial charge in [-0.1, -0.05) is 6.07 Å². The number of aliphatic carboxylic acids is 1. The van der Waals surface area contributed by atoms with Crippen LogP contribution >= 0.6 is 0 Å². The van der Waals surface area contributed by atoms with E-state index >= 15 is 0 Å². The predicted molar refractivity (Wildman–Crippen MR) is 99.5 cm³/mol. The zero-order valence-electron chi connectivity index (χ0n) is 16.4. The molecule has 1 N–H and O–H groups in total. The summed E-state index contributed by atoms with van der Waals surface area (Å²) >= 11 is 0. The number of ether oxygens (including phenoxy) is 1. The van der Waals surface area contributed by atoms with Gasteiger partial charge < -0.3 is 19.6 Å². The minimum absolute atomic E-state index is 0.210. The van der Waals surface area contributed by atoms with Gasteiger partial charge in [-0.3, -0.25) is 9.88 Å². The average molecular weight is 430 g/mol. The van der Waals surface area contributed by atoms with Crippen LogP contribution in [-0.4, -0.2) is 95.4 Å². The van der Waals surface area contributed by atoms with E-state index in [0.717, 1.165) is 45.8 Å². The van der Waals surface area contributed by atoms with E-state index in [2.05, 4.69) is 20.9 Å². The first kappa shape index (κ1) is 22.3. The highest BCUT2D eigenvalue weighted by Crippen LogP contribution is 2.32. The number of fused-ring (bicyclic) bond motifs is 1. The second kappa shape index (κ2) is 9.61. The maximum atomic E-state index is 12.6. The number of rotatable bonds is 2. The van der Waals surface area contributed by atoms with E-state index in [1.165, 1.54) is 5.56 Å². The first-order valence-corrected chi connectivity index (χ1v) is 9.77. The Labute approximate surface area is 172 Å². The van der Waals surface area contributed by atoms with Crippen LogP contribution < -0.4 is 0 Å². The lowest BCUT2D eigenvalue weighted by Gasteiger charge is -2.31. The second-order valence-electron chi connectivity index (χ2n) is 7.67.